The number of thiazole rings is 1. The summed E-state index contributed by atoms with van der Waals surface area (Å²) in [7, 11) is 0. The fourth-order valence-corrected chi connectivity index (χ4v) is 4.82. The third kappa shape index (κ3) is 5.32. The van der Waals surface area contributed by atoms with Gasteiger partial charge in [-0.3, -0.25) is 4.79 Å². The van der Waals surface area contributed by atoms with Crippen LogP contribution in [0.3, 0.4) is 0 Å². The molecular weight excluding hydrogens is 408 g/mol. The second-order valence-corrected chi connectivity index (χ2v) is 8.67. The van der Waals surface area contributed by atoms with Crippen LogP contribution in [0.2, 0.25) is 0 Å². The Labute approximate surface area is 187 Å². The quantitative estimate of drug-likeness (QED) is 0.560. The number of benzene rings is 2. The lowest BCUT2D eigenvalue weighted by Crippen LogP contribution is -2.45. The van der Waals surface area contributed by atoms with Crippen molar-refractivity contribution in [1.82, 2.24) is 10.3 Å². The first-order chi connectivity index (χ1) is 15.2. The Morgan fingerprint density at radius 1 is 1.13 bits per heavy atom. The largest absolute Gasteiger partial charge is 0.494 e. The highest BCUT2D eigenvalue weighted by atomic mass is 32.1. The molecule has 3 aromatic rings. The Morgan fingerprint density at radius 2 is 1.87 bits per heavy atom. The number of amides is 1. The van der Waals surface area contributed by atoms with Crippen molar-refractivity contribution in [2.45, 2.75) is 31.6 Å². The summed E-state index contributed by atoms with van der Waals surface area (Å²) in [6.45, 7) is 4.63. The van der Waals surface area contributed by atoms with Crippen molar-refractivity contribution in [2.75, 3.05) is 26.4 Å². The maximum Gasteiger partial charge on any atom is 0.226 e. The molecule has 1 amide bonds. The Kier molecular flexibility index (Phi) is 6.99. The number of ether oxygens (including phenoxy) is 2. The minimum Gasteiger partial charge on any atom is -0.494 e. The molecule has 4 rings (SSSR count). The monoisotopic (exact) mass is 436 g/mol. The summed E-state index contributed by atoms with van der Waals surface area (Å²) in [5, 5.41) is 6.08. The predicted octanol–water partition coefficient (Wildman–Crippen LogP) is 4.62. The topological polar surface area (TPSA) is 60.5 Å². The molecule has 0 saturated carbocycles. The highest BCUT2D eigenvalue weighted by Gasteiger charge is 2.35. The molecule has 0 bridgehead atoms. The molecule has 1 aliphatic rings. The summed E-state index contributed by atoms with van der Waals surface area (Å²) in [5.41, 5.74) is 2.99. The van der Waals surface area contributed by atoms with Gasteiger partial charge in [-0.15, -0.1) is 11.3 Å². The smallest absolute Gasteiger partial charge is 0.226 e. The summed E-state index contributed by atoms with van der Waals surface area (Å²) in [6.07, 6.45) is 2.06. The van der Waals surface area contributed by atoms with Gasteiger partial charge in [-0.1, -0.05) is 42.5 Å². The van der Waals surface area contributed by atoms with Crippen LogP contribution in [-0.4, -0.2) is 37.3 Å². The predicted molar refractivity (Wildman–Crippen MR) is 124 cm³/mol. The van der Waals surface area contributed by atoms with Gasteiger partial charge in [0.15, 0.2) is 0 Å². The number of carbonyl (C=O) groups is 1. The molecule has 1 saturated heterocycles. The third-order valence-corrected chi connectivity index (χ3v) is 6.71. The van der Waals surface area contributed by atoms with Crippen LogP contribution in [0.15, 0.2) is 60.0 Å². The third-order valence-electron chi connectivity index (χ3n) is 5.77. The maximum absolute atomic E-state index is 12.7. The van der Waals surface area contributed by atoms with E-state index in [0.717, 1.165) is 34.9 Å². The molecule has 2 heterocycles. The van der Waals surface area contributed by atoms with Gasteiger partial charge < -0.3 is 14.8 Å². The molecule has 31 heavy (non-hydrogen) atoms. The number of hydrogen-bond donors (Lipinski definition) is 1. The van der Waals surface area contributed by atoms with Crippen LogP contribution in [0.1, 0.15) is 31.0 Å². The van der Waals surface area contributed by atoms with E-state index in [1.165, 1.54) is 5.56 Å². The first kappa shape index (κ1) is 21.5. The van der Waals surface area contributed by atoms with Gasteiger partial charge in [0.1, 0.15) is 10.8 Å². The summed E-state index contributed by atoms with van der Waals surface area (Å²) >= 11 is 1.57. The summed E-state index contributed by atoms with van der Waals surface area (Å²) in [4.78, 5) is 17.4. The zero-order valence-corrected chi connectivity index (χ0v) is 18.6. The molecule has 1 aromatic heterocycles. The van der Waals surface area contributed by atoms with E-state index in [9.17, 15) is 4.79 Å². The maximum atomic E-state index is 12.7. The van der Waals surface area contributed by atoms with Gasteiger partial charge in [-0.25, -0.2) is 4.98 Å². The Hall–Kier alpha value is -2.70. The molecule has 0 radical (unpaired) electrons. The molecular formula is C25H28N2O3S. The Morgan fingerprint density at radius 3 is 2.58 bits per heavy atom. The summed E-state index contributed by atoms with van der Waals surface area (Å²) in [5.74, 6) is 0.872. The van der Waals surface area contributed by atoms with Crippen LogP contribution in [0.4, 0.5) is 0 Å². The van der Waals surface area contributed by atoms with Gasteiger partial charge >= 0.3 is 0 Å². The van der Waals surface area contributed by atoms with E-state index in [0.29, 0.717) is 32.8 Å². The molecule has 2 aromatic carbocycles. The number of hydrogen-bond acceptors (Lipinski definition) is 5. The van der Waals surface area contributed by atoms with Gasteiger partial charge in [0.25, 0.3) is 0 Å². The molecule has 1 aliphatic heterocycles. The van der Waals surface area contributed by atoms with Gasteiger partial charge in [0, 0.05) is 36.1 Å². The van der Waals surface area contributed by atoms with Crippen LogP contribution >= 0.6 is 11.3 Å². The van der Waals surface area contributed by atoms with Gasteiger partial charge in [-0.2, -0.15) is 0 Å². The number of nitrogens with one attached hydrogen (secondary N) is 1. The van der Waals surface area contributed by atoms with Gasteiger partial charge in [-0.05, 0) is 37.5 Å². The zero-order valence-electron chi connectivity index (χ0n) is 17.8. The summed E-state index contributed by atoms with van der Waals surface area (Å²) < 4.78 is 11.2. The van der Waals surface area contributed by atoms with Crippen molar-refractivity contribution in [3.05, 3.63) is 71.2 Å². The van der Waals surface area contributed by atoms with Crippen LogP contribution in [0, 0.1) is 0 Å². The zero-order chi connectivity index (χ0) is 21.5. The van der Waals surface area contributed by atoms with E-state index in [1.807, 2.05) is 54.8 Å². The number of carbonyl (C=O) groups excluding carboxylic acids is 1. The SMILES string of the molecule is CCOc1ccc(C2(CNC(=O)Cc3csc(-c4ccccc4)n3)CCOCC2)cc1. The molecule has 5 nitrogen and oxygen atoms in total. The van der Waals surface area contributed by atoms with Crippen LogP contribution in [0.25, 0.3) is 10.6 Å². The van der Waals surface area contributed by atoms with E-state index < -0.39 is 0 Å². The van der Waals surface area contributed by atoms with E-state index in [4.69, 9.17) is 9.47 Å². The van der Waals surface area contributed by atoms with E-state index in [1.54, 1.807) is 11.3 Å². The van der Waals surface area contributed by atoms with Crippen molar-refractivity contribution >= 4 is 17.2 Å². The standard InChI is InChI=1S/C25H28N2O3S/c1-2-30-22-10-8-20(9-11-22)25(12-14-29-15-13-25)18-26-23(28)16-21-17-31-24(27-21)19-6-4-3-5-7-19/h3-11,17H,2,12-16,18H2,1H3,(H,26,28). The van der Waals surface area contributed by atoms with Crippen molar-refractivity contribution in [2.24, 2.45) is 0 Å². The fourth-order valence-electron chi connectivity index (χ4n) is 4.00. The van der Waals surface area contributed by atoms with E-state index in [2.05, 4.69) is 22.4 Å². The number of aromatic nitrogens is 1. The number of rotatable bonds is 8. The van der Waals surface area contributed by atoms with Gasteiger partial charge in [0.2, 0.25) is 5.91 Å². The highest BCUT2D eigenvalue weighted by Crippen LogP contribution is 2.35. The molecule has 162 valence electrons. The normalized spacial score (nSPS) is 15.4. The van der Waals surface area contributed by atoms with Crippen molar-refractivity contribution in [1.29, 1.82) is 0 Å². The van der Waals surface area contributed by atoms with Gasteiger partial charge in [0.05, 0.1) is 18.7 Å². The van der Waals surface area contributed by atoms with E-state index in [-0.39, 0.29) is 11.3 Å². The molecule has 1 N–H and O–H groups in total. The molecule has 0 atom stereocenters. The Balaban J connectivity index is 1.40. The van der Waals surface area contributed by atoms with Crippen LogP contribution in [0.5, 0.6) is 5.75 Å². The second-order valence-electron chi connectivity index (χ2n) is 7.81. The summed E-state index contributed by atoms with van der Waals surface area (Å²) in [6, 6.07) is 18.3. The molecule has 0 aliphatic carbocycles. The molecule has 0 unspecified atom stereocenters. The fraction of sp³-hybridized carbons (Fsp3) is 0.360. The Bertz CT molecular complexity index is 980. The van der Waals surface area contributed by atoms with Crippen molar-refractivity contribution < 1.29 is 14.3 Å². The van der Waals surface area contributed by atoms with Crippen LogP contribution in [-0.2, 0) is 21.4 Å². The van der Waals surface area contributed by atoms with Crippen molar-refractivity contribution in [3.63, 3.8) is 0 Å². The second kappa shape index (κ2) is 10.1. The molecule has 1 fully saturated rings. The first-order valence-electron chi connectivity index (χ1n) is 10.8. The minimum absolute atomic E-state index is 0.00159. The lowest BCUT2D eigenvalue weighted by atomic mass is 9.74. The first-order valence-corrected chi connectivity index (χ1v) is 11.6. The van der Waals surface area contributed by atoms with Crippen LogP contribution < -0.4 is 10.1 Å². The average molecular weight is 437 g/mol. The van der Waals surface area contributed by atoms with E-state index >= 15 is 0 Å². The highest BCUT2D eigenvalue weighted by molar-refractivity contribution is 7.13. The lowest BCUT2D eigenvalue weighted by Gasteiger charge is -2.38. The molecule has 6 heteroatoms. The minimum atomic E-state index is -0.115. The average Bonchev–Trinajstić information content (AvgIpc) is 3.28. The van der Waals surface area contributed by atoms with Crippen molar-refractivity contribution in [3.8, 4) is 16.3 Å². The lowest BCUT2D eigenvalue weighted by molar-refractivity contribution is -0.121. The molecule has 0 spiro atoms. The number of nitrogens with zero attached hydrogens (tertiary/aromatic N) is 1.